The molecule has 0 saturated heterocycles. The number of benzene rings is 4. The van der Waals surface area contributed by atoms with Crippen LogP contribution < -0.4 is 0 Å². The normalized spacial score (nSPS) is 11.2. The zero-order valence-corrected chi connectivity index (χ0v) is 21.2. The largest absolute Gasteiger partial charge is 0.309 e. The summed E-state index contributed by atoms with van der Waals surface area (Å²) < 4.78 is 2.27. The number of aromatic nitrogens is 4. The Kier molecular flexibility index (Phi) is 5.31. The van der Waals surface area contributed by atoms with Crippen molar-refractivity contribution in [3.63, 3.8) is 0 Å². The molecule has 0 saturated carbocycles. The lowest BCUT2D eigenvalue weighted by Gasteiger charge is -2.13. The van der Waals surface area contributed by atoms with Crippen LogP contribution in [0, 0.1) is 39.0 Å². The van der Waals surface area contributed by atoms with E-state index in [2.05, 4.69) is 100 Å². The zero-order chi connectivity index (χ0) is 25.7. The molecule has 5 nitrogen and oxygen atoms in total. The van der Waals surface area contributed by atoms with E-state index in [4.69, 9.17) is 0 Å². The quantitative estimate of drug-likeness (QED) is 0.265. The van der Waals surface area contributed by atoms with E-state index in [0.29, 0.717) is 28.6 Å². The second-order valence-electron chi connectivity index (χ2n) is 9.50. The fourth-order valence-electron chi connectivity index (χ4n) is 5.24. The molecule has 0 aliphatic carbocycles. The Balaban J connectivity index is 1.64. The molecule has 0 atom stereocenters. The number of aryl methyl sites for hydroxylation is 4. The molecule has 0 spiro atoms. The van der Waals surface area contributed by atoms with E-state index >= 15 is 0 Å². The van der Waals surface area contributed by atoms with Crippen molar-refractivity contribution in [2.45, 2.75) is 27.7 Å². The van der Waals surface area contributed by atoms with Gasteiger partial charge in [0.25, 0.3) is 0 Å². The molecule has 2 aromatic heterocycles. The van der Waals surface area contributed by atoms with Crippen LogP contribution in [0.2, 0.25) is 0 Å². The Bertz CT molecular complexity index is 1870. The van der Waals surface area contributed by atoms with E-state index < -0.39 is 0 Å². The summed E-state index contributed by atoms with van der Waals surface area (Å²) in [5.41, 5.74) is 9.30. The molecule has 4 aromatic carbocycles. The van der Waals surface area contributed by atoms with Crippen LogP contribution in [0.4, 0.5) is 0 Å². The molecule has 2 heterocycles. The maximum Gasteiger partial charge on any atom is 0.164 e. The van der Waals surface area contributed by atoms with Crippen LogP contribution in [0.3, 0.4) is 0 Å². The van der Waals surface area contributed by atoms with Crippen LogP contribution in [-0.4, -0.2) is 19.5 Å². The molecule has 6 aromatic rings. The first-order valence-electron chi connectivity index (χ1n) is 12.3. The van der Waals surface area contributed by atoms with Crippen molar-refractivity contribution < 1.29 is 0 Å². The van der Waals surface area contributed by atoms with Crippen molar-refractivity contribution in [3.05, 3.63) is 107 Å². The van der Waals surface area contributed by atoms with Crippen molar-refractivity contribution >= 4 is 21.8 Å². The lowest BCUT2D eigenvalue weighted by atomic mass is 9.97. The van der Waals surface area contributed by atoms with Gasteiger partial charge in [0, 0.05) is 22.0 Å². The molecule has 0 fully saturated rings. The van der Waals surface area contributed by atoms with Gasteiger partial charge in [0.15, 0.2) is 5.82 Å². The number of fused-ring (bicyclic) bond motifs is 3. The average molecular weight is 480 g/mol. The maximum atomic E-state index is 9.86. The molecule has 0 unspecified atom stereocenters. The first-order valence-corrected chi connectivity index (χ1v) is 12.3. The number of para-hydroxylation sites is 1. The van der Waals surface area contributed by atoms with Crippen molar-refractivity contribution in [2.24, 2.45) is 0 Å². The fraction of sp³-hybridized carbons (Fsp3) is 0.125. The molecule has 0 bridgehead atoms. The van der Waals surface area contributed by atoms with Crippen molar-refractivity contribution in [1.82, 2.24) is 19.5 Å². The van der Waals surface area contributed by atoms with Gasteiger partial charge in [-0.25, -0.2) is 15.0 Å². The van der Waals surface area contributed by atoms with Crippen LogP contribution >= 0.6 is 0 Å². The highest BCUT2D eigenvalue weighted by atomic mass is 15.0. The van der Waals surface area contributed by atoms with Gasteiger partial charge in [0.05, 0.1) is 22.7 Å². The molecule has 37 heavy (non-hydrogen) atoms. The number of nitriles is 1. The smallest absolute Gasteiger partial charge is 0.164 e. The van der Waals surface area contributed by atoms with E-state index in [0.717, 1.165) is 16.7 Å². The first kappa shape index (κ1) is 22.6. The highest BCUT2D eigenvalue weighted by Gasteiger charge is 2.17. The number of rotatable bonds is 3. The molecule has 6 rings (SSSR count). The standard InChI is InChI=1S/C32H25N5/c1-19-9-13-26(20(2)15-19)23-11-14-28-27-7-5-6-8-30(27)37(31(28)16-23)25-12-10-24(18-33)29(17-25)32-35-21(3)34-22(4)36-32/h5-17H,1-4H3. The van der Waals surface area contributed by atoms with Crippen LogP contribution in [-0.2, 0) is 0 Å². The van der Waals surface area contributed by atoms with Gasteiger partial charge in [-0.15, -0.1) is 0 Å². The maximum absolute atomic E-state index is 9.86. The van der Waals surface area contributed by atoms with Crippen molar-refractivity contribution in [3.8, 4) is 34.3 Å². The van der Waals surface area contributed by atoms with Crippen LogP contribution in [0.15, 0.2) is 78.9 Å². The van der Waals surface area contributed by atoms with E-state index in [1.807, 2.05) is 32.0 Å². The minimum atomic E-state index is 0.514. The number of hydrogen-bond acceptors (Lipinski definition) is 4. The summed E-state index contributed by atoms with van der Waals surface area (Å²) in [6.07, 6.45) is 0. The minimum Gasteiger partial charge on any atom is -0.309 e. The number of hydrogen-bond donors (Lipinski definition) is 0. The lowest BCUT2D eigenvalue weighted by Crippen LogP contribution is -2.02. The SMILES string of the molecule is Cc1ccc(-c2ccc3c4ccccc4n(-c4ccc(C#N)c(-c5nc(C)nc(C)n5)c4)c3c2)c(C)c1. The summed E-state index contributed by atoms with van der Waals surface area (Å²) in [5.74, 6) is 1.78. The molecule has 0 aliphatic heterocycles. The third-order valence-electron chi connectivity index (χ3n) is 6.85. The minimum absolute atomic E-state index is 0.514. The Morgan fingerprint density at radius 1 is 0.676 bits per heavy atom. The van der Waals surface area contributed by atoms with Crippen molar-refractivity contribution in [1.29, 1.82) is 5.26 Å². The van der Waals surface area contributed by atoms with Gasteiger partial charge in [0.2, 0.25) is 0 Å². The van der Waals surface area contributed by atoms with Gasteiger partial charge in [-0.3, -0.25) is 0 Å². The molecular formula is C32H25N5. The molecule has 5 heteroatoms. The summed E-state index contributed by atoms with van der Waals surface area (Å²) in [6.45, 7) is 7.97. The summed E-state index contributed by atoms with van der Waals surface area (Å²) in [6, 6.07) is 29.9. The lowest BCUT2D eigenvalue weighted by molar-refractivity contribution is 0.927. The van der Waals surface area contributed by atoms with Crippen LogP contribution in [0.5, 0.6) is 0 Å². The van der Waals surface area contributed by atoms with Gasteiger partial charge in [-0.05, 0) is 74.7 Å². The second kappa shape index (κ2) is 8.69. The summed E-state index contributed by atoms with van der Waals surface area (Å²) in [4.78, 5) is 13.4. The average Bonchev–Trinajstić information content (AvgIpc) is 3.21. The van der Waals surface area contributed by atoms with E-state index in [1.54, 1.807) is 0 Å². The molecule has 0 radical (unpaired) electrons. The third-order valence-corrected chi connectivity index (χ3v) is 6.85. The second-order valence-corrected chi connectivity index (χ2v) is 9.50. The van der Waals surface area contributed by atoms with Gasteiger partial charge in [0.1, 0.15) is 11.6 Å². The molecule has 0 amide bonds. The van der Waals surface area contributed by atoms with Crippen LogP contribution in [0.1, 0.15) is 28.3 Å². The van der Waals surface area contributed by atoms with Gasteiger partial charge >= 0.3 is 0 Å². The summed E-state index contributed by atoms with van der Waals surface area (Å²) in [7, 11) is 0. The highest BCUT2D eigenvalue weighted by molar-refractivity contribution is 6.10. The monoisotopic (exact) mass is 479 g/mol. The van der Waals surface area contributed by atoms with E-state index in [1.165, 1.54) is 33.0 Å². The zero-order valence-electron chi connectivity index (χ0n) is 21.2. The number of nitrogens with zero attached hydrogens (tertiary/aromatic N) is 5. The summed E-state index contributed by atoms with van der Waals surface area (Å²) >= 11 is 0. The Morgan fingerprint density at radius 2 is 1.43 bits per heavy atom. The molecule has 0 N–H and O–H groups in total. The fourth-order valence-corrected chi connectivity index (χ4v) is 5.24. The first-order chi connectivity index (χ1) is 17.9. The summed E-state index contributed by atoms with van der Waals surface area (Å²) in [5, 5.41) is 12.2. The Labute approximate surface area is 215 Å². The third kappa shape index (κ3) is 3.84. The van der Waals surface area contributed by atoms with Gasteiger partial charge in [-0.1, -0.05) is 54.1 Å². The topological polar surface area (TPSA) is 67.4 Å². The molecule has 178 valence electrons. The Morgan fingerprint density at radius 3 is 2.19 bits per heavy atom. The predicted octanol–water partition coefficient (Wildman–Crippen LogP) is 7.41. The predicted molar refractivity (Wildman–Crippen MR) is 149 cm³/mol. The van der Waals surface area contributed by atoms with Crippen molar-refractivity contribution in [2.75, 3.05) is 0 Å². The highest BCUT2D eigenvalue weighted by Crippen LogP contribution is 2.36. The molecular weight excluding hydrogens is 454 g/mol. The van der Waals surface area contributed by atoms with E-state index in [9.17, 15) is 5.26 Å². The van der Waals surface area contributed by atoms with Gasteiger partial charge in [-0.2, -0.15) is 5.26 Å². The van der Waals surface area contributed by atoms with Crippen LogP contribution in [0.25, 0.3) is 50.0 Å². The molecule has 0 aliphatic rings. The van der Waals surface area contributed by atoms with E-state index in [-0.39, 0.29) is 0 Å². The van der Waals surface area contributed by atoms with Gasteiger partial charge < -0.3 is 4.57 Å². The Hall–Kier alpha value is -4.82.